The summed E-state index contributed by atoms with van der Waals surface area (Å²) in [7, 11) is 0. The predicted molar refractivity (Wildman–Crippen MR) is 72.3 cm³/mol. The largest absolute Gasteiger partial charge is 0.478 e. The number of carboxylic acids is 1. The van der Waals surface area contributed by atoms with Crippen LogP contribution in [0.1, 0.15) is 46.3 Å². The van der Waals surface area contributed by atoms with Gasteiger partial charge in [-0.2, -0.15) is 0 Å². The molecular weight excluding hydrogens is 258 g/mol. The number of aldehydes is 1. The first-order valence-corrected chi connectivity index (χ1v) is 6.40. The van der Waals surface area contributed by atoms with Crippen LogP contribution in [0.2, 0.25) is 0 Å². The van der Waals surface area contributed by atoms with Crippen molar-refractivity contribution < 1.29 is 14.7 Å². The maximum Gasteiger partial charge on any atom is 0.335 e. The van der Waals surface area contributed by atoms with E-state index in [0.717, 1.165) is 18.5 Å². The van der Waals surface area contributed by atoms with Gasteiger partial charge in [0.2, 0.25) is 0 Å². The van der Waals surface area contributed by atoms with Crippen LogP contribution in [0, 0.1) is 0 Å². The molecule has 104 valence electrons. The fourth-order valence-electron chi connectivity index (χ4n) is 1.94. The van der Waals surface area contributed by atoms with Gasteiger partial charge in [0.15, 0.2) is 6.29 Å². The number of benzene rings is 1. The minimum absolute atomic E-state index is 0.208. The standard InChI is InChI=1S/C14H15N3O3/c1-2-3-4-13-12(9-18)15-16-17(13)11-7-5-10(6-8-11)14(19)20/h5-9H,2-4H2,1H3,(H,19,20). The van der Waals surface area contributed by atoms with Crippen molar-refractivity contribution in [2.24, 2.45) is 0 Å². The summed E-state index contributed by atoms with van der Waals surface area (Å²) in [4.78, 5) is 21.8. The highest BCUT2D eigenvalue weighted by Crippen LogP contribution is 2.15. The lowest BCUT2D eigenvalue weighted by molar-refractivity contribution is 0.0696. The molecule has 0 bridgehead atoms. The molecule has 0 spiro atoms. The van der Waals surface area contributed by atoms with Gasteiger partial charge in [-0.1, -0.05) is 18.6 Å². The number of hydrogen-bond acceptors (Lipinski definition) is 4. The van der Waals surface area contributed by atoms with E-state index in [1.54, 1.807) is 16.8 Å². The minimum atomic E-state index is -0.977. The second kappa shape index (κ2) is 6.10. The molecule has 1 aromatic carbocycles. The Morgan fingerprint density at radius 1 is 1.35 bits per heavy atom. The van der Waals surface area contributed by atoms with Gasteiger partial charge >= 0.3 is 5.97 Å². The van der Waals surface area contributed by atoms with E-state index in [9.17, 15) is 9.59 Å². The third-order valence-electron chi connectivity index (χ3n) is 3.03. The summed E-state index contributed by atoms with van der Waals surface area (Å²) in [5.74, 6) is -0.977. The van der Waals surface area contributed by atoms with E-state index in [1.165, 1.54) is 12.1 Å². The number of carbonyl (C=O) groups excluding carboxylic acids is 1. The molecule has 1 N–H and O–H groups in total. The Morgan fingerprint density at radius 2 is 2.05 bits per heavy atom. The molecule has 0 fully saturated rings. The summed E-state index contributed by atoms with van der Waals surface area (Å²) in [5.41, 5.74) is 1.99. The molecule has 0 saturated carbocycles. The third-order valence-corrected chi connectivity index (χ3v) is 3.03. The van der Waals surface area contributed by atoms with Crippen molar-refractivity contribution in [2.75, 3.05) is 0 Å². The summed E-state index contributed by atoms with van der Waals surface area (Å²) < 4.78 is 1.59. The lowest BCUT2D eigenvalue weighted by Crippen LogP contribution is -2.05. The zero-order valence-electron chi connectivity index (χ0n) is 11.1. The highest BCUT2D eigenvalue weighted by molar-refractivity contribution is 5.87. The molecule has 2 rings (SSSR count). The smallest absolute Gasteiger partial charge is 0.335 e. The average molecular weight is 273 g/mol. The normalized spacial score (nSPS) is 10.4. The van der Waals surface area contributed by atoms with Gasteiger partial charge in [0.05, 0.1) is 16.9 Å². The van der Waals surface area contributed by atoms with E-state index in [0.29, 0.717) is 24.1 Å². The quantitative estimate of drug-likeness (QED) is 0.815. The Morgan fingerprint density at radius 3 is 2.60 bits per heavy atom. The highest BCUT2D eigenvalue weighted by atomic mass is 16.4. The van der Waals surface area contributed by atoms with Crippen molar-refractivity contribution in [2.45, 2.75) is 26.2 Å². The fraction of sp³-hybridized carbons (Fsp3) is 0.286. The van der Waals surface area contributed by atoms with E-state index in [4.69, 9.17) is 5.11 Å². The molecule has 0 amide bonds. The minimum Gasteiger partial charge on any atom is -0.478 e. The number of aromatic nitrogens is 3. The number of hydrogen-bond donors (Lipinski definition) is 1. The number of rotatable bonds is 6. The van der Waals surface area contributed by atoms with Crippen molar-refractivity contribution in [3.05, 3.63) is 41.2 Å². The molecular formula is C14H15N3O3. The third kappa shape index (κ3) is 2.74. The van der Waals surface area contributed by atoms with Crippen LogP contribution >= 0.6 is 0 Å². The predicted octanol–water partition coefficient (Wildman–Crippen LogP) is 2.12. The van der Waals surface area contributed by atoms with Crippen LogP contribution < -0.4 is 0 Å². The Hall–Kier alpha value is -2.50. The van der Waals surface area contributed by atoms with Crippen molar-refractivity contribution in [1.29, 1.82) is 0 Å². The lowest BCUT2D eigenvalue weighted by Gasteiger charge is -2.06. The molecule has 0 aliphatic carbocycles. The van der Waals surface area contributed by atoms with E-state index in [-0.39, 0.29) is 5.56 Å². The van der Waals surface area contributed by atoms with E-state index >= 15 is 0 Å². The van der Waals surface area contributed by atoms with Crippen molar-refractivity contribution in [1.82, 2.24) is 15.0 Å². The highest BCUT2D eigenvalue weighted by Gasteiger charge is 2.13. The first-order chi connectivity index (χ1) is 9.67. The van der Waals surface area contributed by atoms with E-state index < -0.39 is 5.97 Å². The van der Waals surface area contributed by atoms with Gasteiger partial charge in [0.1, 0.15) is 5.69 Å². The van der Waals surface area contributed by atoms with Crippen molar-refractivity contribution >= 4 is 12.3 Å². The number of unbranched alkanes of at least 4 members (excludes halogenated alkanes) is 1. The van der Waals surface area contributed by atoms with Crippen LogP contribution in [0.25, 0.3) is 5.69 Å². The molecule has 6 nitrogen and oxygen atoms in total. The van der Waals surface area contributed by atoms with Crippen LogP contribution in [0.5, 0.6) is 0 Å². The summed E-state index contributed by atoms with van der Waals surface area (Å²) >= 11 is 0. The summed E-state index contributed by atoms with van der Waals surface area (Å²) in [6, 6.07) is 6.32. The van der Waals surface area contributed by atoms with Gasteiger partial charge in [-0.3, -0.25) is 4.79 Å². The summed E-state index contributed by atoms with van der Waals surface area (Å²) in [6.07, 6.45) is 3.33. The van der Waals surface area contributed by atoms with Crippen LogP contribution in [0.4, 0.5) is 0 Å². The summed E-state index contributed by atoms with van der Waals surface area (Å²) in [5, 5.41) is 16.7. The van der Waals surface area contributed by atoms with Gasteiger partial charge < -0.3 is 5.11 Å². The van der Waals surface area contributed by atoms with E-state index in [1.807, 2.05) is 0 Å². The zero-order chi connectivity index (χ0) is 14.5. The summed E-state index contributed by atoms with van der Waals surface area (Å²) in [6.45, 7) is 2.07. The second-order valence-corrected chi connectivity index (χ2v) is 4.41. The van der Waals surface area contributed by atoms with Gasteiger partial charge in [0.25, 0.3) is 0 Å². The molecule has 0 atom stereocenters. The second-order valence-electron chi connectivity index (χ2n) is 4.41. The van der Waals surface area contributed by atoms with Crippen LogP contribution in [-0.2, 0) is 6.42 Å². The molecule has 1 aromatic heterocycles. The van der Waals surface area contributed by atoms with Crippen LogP contribution in [0.15, 0.2) is 24.3 Å². The molecule has 1 heterocycles. The number of aromatic carboxylic acids is 1. The average Bonchev–Trinajstić information content (AvgIpc) is 2.88. The SMILES string of the molecule is CCCCc1c(C=O)nnn1-c1ccc(C(=O)O)cc1. The van der Waals surface area contributed by atoms with Crippen LogP contribution in [-0.4, -0.2) is 32.4 Å². The first-order valence-electron chi connectivity index (χ1n) is 6.40. The lowest BCUT2D eigenvalue weighted by atomic mass is 10.1. The molecule has 0 radical (unpaired) electrons. The maximum atomic E-state index is 11.0. The number of nitrogens with zero attached hydrogens (tertiary/aromatic N) is 3. The number of carboxylic acid groups (broad SMARTS) is 1. The molecule has 0 saturated heterocycles. The molecule has 2 aromatic rings. The zero-order valence-corrected chi connectivity index (χ0v) is 11.1. The van der Waals surface area contributed by atoms with Crippen molar-refractivity contribution in [3.8, 4) is 5.69 Å². The fourth-order valence-corrected chi connectivity index (χ4v) is 1.94. The number of carbonyl (C=O) groups is 2. The first kappa shape index (κ1) is 13.9. The Balaban J connectivity index is 2.38. The maximum absolute atomic E-state index is 11.0. The van der Waals surface area contributed by atoms with Gasteiger partial charge in [-0.05, 0) is 37.1 Å². The Kier molecular flexibility index (Phi) is 4.24. The monoisotopic (exact) mass is 273 g/mol. The molecule has 20 heavy (non-hydrogen) atoms. The molecule has 6 heteroatoms. The molecule has 0 unspecified atom stereocenters. The van der Waals surface area contributed by atoms with Crippen LogP contribution in [0.3, 0.4) is 0 Å². The molecule has 0 aliphatic heterocycles. The Labute approximate surface area is 116 Å². The molecule has 0 aliphatic rings. The van der Waals surface area contributed by atoms with Crippen molar-refractivity contribution in [3.63, 3.8) is 0 Å². The van der Waals surface area contributed by atoms with Gasteiger partial charge in [0, 0.05) is 0 Å². The van der Waals surface area contributed by atoms with Gasteiger partial charge in [-0.25, -0.2) is 9.48 Å². The topological polar surface area (TPSA) is 85.1 Å². The van der Waals surface area contributed by atoms with E-state index in [2.05, 4.69) is 17.2 Å². The van der Waals surface area contributed by atoms with Gasteiger partial charge in [-0.15, -0.1) is 5.10 Å². The Bertz CT molecular complexity index is 617.